The highest BCUT2D eigenvalue weighted by Crippen LogP contribution is 2.28. The topological polar surface area (TPSA) is 58.9 Å². The van der Waals surface area contributed by atoms with Crippen molar-refractivity contribution in [1.29, 1.82) is 0 Å². The molecule has 0 fully saturated rings. The van der Waals surface area contributed by atoms with Crippen LogP contribution in [0.15, 0.2) is 40.9 Å². The van der Waals surface area contributed by atoms with Crippen molar-refractivity contribution in [3.63, 3.8) is 0 Å². The molecule has 0 spiro atoms. The quantitative estimate of drug-likeness (QED) is 0.844. The van der Waals surface area contributed by atoms with Gasteiger partial charge >= 0.3 is 0 Å². The number of aromatic nitrogens is 3. The maximum atomic E-state index is 9.63. The lowest BCUT2D eigenvalue weighted by Gasteiger charge is -2.08. The molecule has 2 aromatic heterocycles. The number of aryl methyl sites for hydroxylation is 1. The Morgan fingerprint density at radius 3 is 2.59 bits per heavy atom. The number of aliphatic hydroxyl groups is 1. The summed E-state index contributed by atoms with van der Waals surface area (Å²) in [6, 6.07) is 3.66. The van der Waals surface area contributed by atoms with Crippen LogP contribution >= 0.6 is 11.8 Å². The average molecular weight is 247 g/mol. The summed E-state index contributed by atoms with van der Waals surface area (Å²) in [5, 5.41) is 11.0. The third-order valence-corrected chi connectivity index (χ3v) is 3.12. The fourth-order valence-electron chi connectivity index (χ4n) is 1.33. The standard InChI is InChI=1S/C12H13N3OS/c1-8-6-14-12(15-7-8)17-11-10(9(2)16)4-3-5-13-11/h3-7,9,16H,1-2H3/t9-/m1/s1. The molecule has 0 aromatic carbocycles. The van der Waals surface area contributed by atoms with Crippen molar-refractivity contribution in [1.82, 2.24) is 15.0 Å². The molecular weight excluding hydrogens is 234 g/mol. The van der Waals surface area contributed by atoms with E-state index < -0.39 is 6.10 Å². The lowest BCUT2D eigenvalue weighted by Crippen LogP contribution is -1.97. The molecule has 2 rings (SSSR count). The SMILES string of the molecule is Cc1cnc(Sc2ncccc2[C@@H](C)O)nc1. The van der Waals surface area contributed by atoms with Crippen molar-refractivity contribution in [3.8, 4) is 0 Å². The second-order valence-corrected chi connectivity index (χ2v) is 4.67. The van der Waals surface area contributed by atoms with Crippen LogP contribution in [0.1, 0.15) is 24.2 Å². The first-order chi connectivity index (χ1) is 8.16. The van der Waals surface area contributed by atoms with Gasteiger partial charge in [-0.1, -0.05) is 6.07 Å². The van der Waals surface area contributed by atoms with Gasteiger partial charge in [-0.2, -0.15) is 0 Å². The van der Waals surface area contributed by atoms with E-state index in [1.54, 1.807) is 25.5 Å². The first-order valence-electron chi connectivity index (χ1n) is 5.26. The predicted molar refractivity (Wildman–Crippen MR) is 65.8 cm³/mol. The minimum atomic E-state index is -0.545. The second-order valence-electron chi connectivity index (χ2n) is 3.72. The van der Waals surface area contributed by atoms with E-state index in [0.29, 0.717) is 5.16 Å². The first kappa shape index (κ1) is 12.0. The molecule has 0 aliphatic heterocycles. The Morgan fingerprint density at radius 1 is 1.24 bits per heavy atom. The van der Waals surface area contributed by atoms with Crippen molar-refractivity contribution in [2.24, 2.45) is 0 Å². The van der Waals surface area contributed by atoms with Crippen molar-refractivity contribution in [3.05, 3.63) is 41.9 Å². The molecule has 0 saturated heterocycles. The molecule has 0 unspecified atom stereocenters. The molecule has 2 heterocycles. The Bertz CT molecular complexity index is 499. The maximum Gasteiger partial charge on any atom is 0.193 e. The van der Waals surface area contributed by atoms with Gasteiger partial charge < -0.3 is 5.11 Å². The van der Waals surface area contributed by atoms with Gasteiger partial charge in [-0.3, -0.25) is 0 Å². The van der Waals surface area contributed by atoms with Crippen LogP contribution in [0.25, 0.3) is 0 Å². The third-order valence-electron chi connectivity index (χ3n) is 2.20. The summed E-state index contributed by atoms with van der Waals surface area (Å²) >= 11 is 1.36. The molecule has 2 aromatic rings. The van der Waals surface area contributed by atoms with E-state index in [0.717, 1.165) is 16.2 Å². The third kappa shape index (κ3) is 3.01. The Hall–Kier alpha value is -1.46. The van der Waals surface area contributed by atoms with E-state index >= 15 is 0 Å². The highest BCUT2D eigenvalue weighted by Gasteiger charge is 2.11. The number of pyridine rings is 1. The molecule has 0 amide bonds. The van der Waals surface area contributed by atoms with E-state index in [1.165, 1.54) is 11.8 Å². The van der Waals surface area contributed by atoms with E-state index in [1.807, 2.05) is 19.1 Å². The molecule has 1 atom stereocenters. The summed E-state index contributed by atoms with van der Waals surface area (Å²) in [7, 11) is 0. The summed E-state index contributed by atoms with van der Waals surface area (Å²) in [6.45, 7) is 3.66. The van der Waals surface area contributed by atoms with Gasteiger partial charge in [-0.05, 0) is 37.2 Å². The van der Waals surface area contributed by atoms with Gasteiger partial charge in [-0.25, -0.2) is 15.0 Å². The van der Waals surface area contributed by atoms with Gasteiger partial charge in [0.05, 0.1) is 6.10 Å². The van der Waals surface area contributed by atoms with Crippen LogP contribution in [0.2, 0.25) is 0 Å². The Kier molecular flexibility index (Phi) is 3.71. The molecular formula is C12H13N3OS. The predicted octanol–water partition coefficient (Wildman–Crippen LogP) is 2.38. The number of hydrogen-bond donors (Lipinski definition) is 1. The van der Waals surface area contributed by atoms with Crippen LogP contribution in [-0.4, -0.2) is 20.1 Å². The summed E-state index contributed by atoms with van der Waals surface area (Å²) < 4.78 is 0. The number of nitrogens with zero attached hydrogens (tertiary/aromatic N) is 3. The van der Waals surface area contributed by atoms with Gasteiger partial charge in [0.25, 0.3) is 0 Å². The Balaban J connectivity index is 2.26. The van der Waals surface area contributed by atoms with E-state index in [4.69, 9.17) is 0 Å². The van der Waals surface area contributed by atoms with Crippen LogP contribution in [0.3, 0.4) is 0 Å². The lowest BCUT2D eigenvalue weighted by atomic mass is 10.2. The molecule has 0 bridgehead atoms. The average Bonchev–Trinajstić information content (AvgIpc) is 2.32. The molecule has 0 saturated carbocycles. The molecule has 0 aliphatic rings. The van der Waals surface area contributed by atoms with Crippen molar-refractivity contribution in [2.45, 2.75) is 30.1 Å². The summed E-state index contributed by atoms with van der Waals surface area (Å²) in [5.41, 5.74) is 1.81. The Morgan fingerprint density at radius 2 is 1.94 bits per heavy atom. The minimum absolute atomic E-state index is 0.545. The van der Waals surface area contributed by atoms with Crippen LogP contribution < -0.4 is 0 Å². The normalized spacial score (nSPS) is 12.4. The van der Waals surface area contributed by atoms with Gasteiger partial charge in [0.2, 0.25) is 0 Å². The van der Waals surface area contributed by atoms with Gasteiger partial charge in [-0.15, -0.1) is 0 Å². The minimum Gasteiger partial charge on any atom is -0.389 e. The Labute approximate surface area is 104 Å². The molecule has 0 radical (unpaired) electrons. The van der Waals surface area contributed by atoms with Crippen molar-refractivity contribution < 1.29 is 5.11 Å². The number of rotatable bonds is 3. The lowest BCUT2D eigenvalue weighted by molar-refractivity contribution is 0.195. The zero-order valence-corrected chi connectivity index (χ0v) is 10.5. The van der Waals surface area contributed by atoms with E-state index in [-0.39, 0.29) is 0 Å². The molecule has 0 aliphatic carbocycles. The van der Waals surface area contributed by atoms with Crippen LogP contribution in [0.4, 0.5) is 0 Å². The molecule has 88 valence electrons. The van der Waals surface area contributed by atoms with Crippen molar-refractivity contribution in [2.75, 3.05) is 0 Å². The van der Waals surface area contributed by atoms with E-state index in [9.17, 15) is 5.11 Å². The highest BCUT2D eigenvalue weighted by atomic mass is 32.2. The van der Waals surface area contributed by atoms with E-state index in [2.05, 4.69) is 15.0 Å². The molecule has 4 nitrogen and oxygen atoms in total. The summed E-state index contributed by atoms with van der Waals surface area (Å²) in [4.78, 5) is 12.6. The van der Waals surface area contributed by atoms with Crippen LogP contribution in [-0.2, 0) is 0 Å². The summed E-state index contributed by atoms with van der Waals surface area (Å²) in [5.74, 6) is 0. The largest absolute Gasteiger partial charge is 0.389 e. The fourth-order valence-corrected chi connectivity index (χ4v) is 2.18. The number of aliphatic hydroxyl groups excluding tert-OH is 1. The molecule has 1 N–H and O–H groups in total. The van der Waals surface area contributed by atoms with Gasteiger partial charge in [0, 0.05) is 24.2 Å². The van der Waals surface area contributed by atoms with Gasteiger partial charge in [0.1, 0.15) is 5.03 Å². The first-order valence-corrected chi connectivity index (χ1v) is 6.08. The highest BCUT2D eigenvalue weighted by molar-refractivity contribution is 7.99. The zero-order valence-electron chi connectivity index (χ0n) is 9.66. The molecule has 17 heavy (non-hydrogen) atoms. The number of hydrogen-bond acceptors (Lipinski definition) is 5. The van der Waals surface area contributed by atoms with Crippen LogP contribution in [0.5, 0.6) is 0 Å². The maximum absolute atomic E-state index is 9.63. The van der Waals surface area contributed by atoms with Gasteiger partial charge in [0.15, 0.2) is 5.16 Å². The fraction of sp³-hybridized carbons (Fsp3) is 0.250. The van der Waals surface area contributed by atoms with Crippen LogP contribution in [0, 0.1) is 6.92 Å². The smallest absolute Gasteiger partial charge is 0.193 e. The monoisotopic (exact) mass is 247 g/mol. The zero-order chi connectivity index (χ0) is 12.3. The second kappa shape index (κ2) is 5.25. The molecule has 5 heteroatoms. The summed E-state index contributed by atoms with van der Waals surface area (Å²) in [6.07, 6.45) is 4.68. The van der Waals surface area contributed by atoms with Crippen molar-refractivity contribution >= 4 is 11.8 Å².